The molecule has 62 heavy (non-hydrogen) atoms. The number of nitrogens with zero attached hydrogens (tertiary/aromatic N) is 6. The smallest absolute Gasteiger partial charge is 0.345 e. The van der Waals surface area contributed by atoms with Gasteiger partial charge in [-0.1, -0.05) is 42.5 Å². The zero-order valence-corrected chi connectivity index (χ0v) is 35.8. The number of hydrogen-bond acceptors (Lipinski definition) is 12. The number of aliphatic carboxylic acids is 1. The van der Waals surface area contributed by atoms with Gasteiger partial charge in [-0.2, -0.15) is 0 Å². The number of thiophene rings is 1. The monoisotopic (exact) mass is 854 g/mol. The maximum absolute atomic E-state index is 14.2. The highest BCUT2D eigenvalue weighted by molar-refractivity contribution is 7.22. The average Bonchev–Trinajstić information content (AvgIpc) is 3.66. The van der Waals surface area contributed by atoms with Crippen molar-refractivity contribution in [2.24, 2.45) is 0 Å². The number of hydrogen-bond donors (Lipinski definition) is 1. The Morgan fingerprint density at radius 2 is 1.60 bits per heavy atom. The van der Waals surface area contributed by atoms with E-state index >= 15 is 0 Å². The Balaban J connectivity index is 1.08. The summed E-state index contributed by atoms with van der Waals surface area (Å²) in [7, 11) is 3.74. The molecule has 7 aromatic rings. The van der Waals surface area contributed by atoms with Crippen LogP contribution in [0.15, 0.2) is 104 Å². The summed E-state index contributed by atoms with van der Waals surface area (Å²) in [5, 5.41) is 11.2. The second-order valence-electron chi connectivity index (χ2n) is 15.2. The first-order valence-electron chi connectivity index (χ1n) is 20.4. The van der Waals surface area contributed by atoms with Crippen molar-refractivity contribution in [3.63, 3.8) is 0 Å². The summed E-state index contributed by atoms with van der Waals surface area (Å²) in [5.41, 5.74) is 6.34. The largest absolute Gasteiger partial charge is 0.496 e. The van der Waals surface area contributed by atoms with Crippen molar-refractivity contribution in [1.29, 1.82) is 0 Å². The van der Waals surface area contributed by atoms with Gasteiger partial charge in [-0.05, 0) is 97.2 Å². The first-order valence-corrected chi connectivity index (χ1v) is 21.2. The molecule has 0 amide bonds. The number of carboxylic acids is 1. The van der Waals surface area contributed by atoms with Gasteiger partial charge in [0.25, 0.3) is 0 Å². The van der Waals surface area contributed by atoms with Gasteiger partial charge in [0.15, 0.2) is 5.82 Å². The lowest BCUT2D eigenvalue weighted by molar-refractivity contribution is -0.145. The Labute approximate surface area is 363 Å². The Kier molecular flexibility index (Phi) is 13.0. The number of likely N-dealkylation sites (N-methyl/N-ethyl adjacent to an activating group) is 1. The molecule has 318 valence electrons. The van der Waals surface area contributed by atoms with Gasteiger partial charge < -0.3 is 29.0 Å². The Hall–Kier alpha value is -6.48. The highest BCUT2D eigenvalue weighted by atomic mass is 32.1. The molecule has 0 aliphatic carbocycles. The molecule has 8 rings (SSSR count). The van der Waals surface area contributed by atoms with E-state index in [1.807, 2.05) is 68.4 Å². The predicted molar refractivity (Wildman–Crippen MR) is 238 cm³/mol. The van der Waals surface area contributed by atoms with Crippen molar-refractivity contribution in [2.75, 3.05) is 53.5 Å². The van der Waals surface area contributed by atoms with E-state index in [4.69, 9.17) is 23.9 Å². The number of rotatable bonds is 16. The van der Waals surface area contributed by atoms with Crippen molar-refractivity contribution in [3.8, 4) is 56.1 Å². The van der Waals surface area contributed by atoms with E-state index in [0.29, 0.717) is 45.4 Å². The van der Waals surface area contributed by atoms with Crippen molar-refractivity contribution in [1.82, 2.24) is 29.7 Å². The molecular weight excluding hydrogens is 808 g/mol. The van der Waals surface area contributed by atoms with Crippen LogP contribution in [-0.4, -0.2) is 100 Å². The maximum atomic E-state index is 14.2. The fraction of sp³-hybridized carbons (Fsp3) is 0.271. The minimum absolute atomic E-state index is 0.0320. The molecule has 1 saturated heterocycles. The van der Waals surface area contributed by atoms with Gasteiger partial charge in [0.05, 0.1) is 23.8 Å². The number of piperazine rings is 1. The lowest BCUT2D eigenvalue weighted by Crippen LogP contribution is -2.45. The van der Waals surface area contributed by atoms with E-state index in [-0.39, 0.29) is 24.7 Å². The molecular formula is C48H47FN6O6S. The van der Waals surface area contributed by atoms with Gasteiger partial charge in [-0.15, -0.1) is 11.3 Å². The van der Waals surface area contributed by atoms with Gasteiger partial charge >= 0.3 is 5.97 Å². The maximum Gasteiger partial charge on any atom is 0.345 e. The first-order chi connectivity index (χ1) is 30.1. The normalized spacial score (nSPS) is 13.8. The SMILES string of the molecule is COc1ccccc1-c1nccc(COc2ccccc2CC(Oc2ncnc3sc(-c4ccc(F)cc4)c(-c4c(C)cc(OCCN5CCN(C)CC5)cc4C)c23)C(=O)O)n1. The van der Waals surface area contributed by atoms with Crippen LogP contribution in [0.5, 0.6) is 23.1 Å². The van der Waals surface area contributed by atoms with Crippen LogP contribution >= 0.6 is 11.3 Å². The fourth-order valence-electron chi connectivity index (χ4n) is 7.72. The second-order valence-corrected chi connectivity index (χ2v) is 16.2. The van der Waals surface area contributed by atoms with Crippen molar-refractivity contribution >= 4 is 27.5 Å². The van der Waals surface area contributed by atoms with E-state index in [9.17, 15) is 14.3 Å². The number of halogens is 1. The topological polar surface area (TPSA) is 132 Å². The van der Waals surface area contributed by atoms with Crippen LogP contribution < -0.4 is 18.9 Å². The van der Waals surface area contributed by atoms with Crippen molar-refractivity contribution < 1.29 is 33.2 Å². The highest BCUT2D eigenvalue weighted by Crippen LogP contribution is 2.49. The highest BCUT2D eigenvalue weighted by Gasteiger charge is 2.28. The van der Waals surface area contributed by atoms with E-state index in [2.05, 4.69) is 31.8 Å². The number of ether oxygens (including phenoxy) is 4. The number of aromatic nitrogens is 4. The molecule has 1 aliphatic heterocycles. The van der Waals surface area contributed by atoms with Crippen LogP contribution in [0.4, 0.5) is 4.39 Å². The number of para-hydroxylation sites is 2. The van der Waals surface area contributed by atoms with Gasteiger partial charge in [0.1, 0.15) is 47.4 Å². The summed E-state index contributed by atoms with van der Waals surface area (Å²) in [6.07, 6.45) is 1.66. The molecule has 0 bridgehead atoms. The molecule has 14 heteroatoms. The van der Waals surface area contributed by atoms with Gasteiger partial charge in [0, 0.05) is 55.8 Å². The van der Waals surface area contributed by atoms with E-state index < -0.39 is 12.1 Å². The summed E-state index contributed by atoms with van der Waals surface area (Å²) in [6.45, 7) is 9.67. The molecule has 1 N–H and O–H groups in total. The summed E-state index contributed by atoms with van der Waals surface area (Å²) in [4.78, 5) is 37.5. The van der Waals surface area contributed by atoms with Gasteiger partial charge in [-0.25, -0.2) is 29.1 Å². The lowest BCUT2D eigenvalue weighted by Gasteiger charge is -2.32. The van der Waals surface area contributed by atoms with Crippen LogP contribution in [0.3, 0.4) is 0 Å². The minimum atomic E-state index is -1.35. The Morgan fingerprint density at radius 1 is 0.871 bits per heavy atom. The third-order valence-electron chi connectivity index (χ3n) is 10.9. The van der Waals surface area contributed by atoms with Crippen LogP contribution in [0.25, 0.3) is 43.2 Å². The molecule has 1 atom stereocenters. The molecule has 0 spiro atoms. The molecule has 4 aromatic carbocycles. The van der Waals surface area contributed by atoms with Crippen molar-refractivity contribution in [3.05, 3.63) is 132 Å². The van der Waals surface area contributed by atoms with Crippen LogP contribution in [0.2, 0.25) is 0 Å². The van der Waals surface area contributed by atoms with Crippen LogP contribution in [-0.2, 0) is 17.8 Å². The zero-order chi connectivity index (χ0) is 43.2. The Bertz CT molecular complexity index is 2660. The number of aryl methyl sites for hydroxylation is 2. The number of methoxy groups -OCH3 is 1. The van der Waals surface area contributed by atoms with E-state index in [1.54, 1.807) is 37.6 Å². The predicted octanol–water partition coefficient (Wildman–Crippen LogP) is 8.53. The molecule has 1 aliphatic rings. The molecule has 1 fully saturated rings. The van der Waals surface area contributed by atoms with Gasteiger partial charge in [-0.3, -0.25) is 4.90 Å². The standard InChI is InChI=1S/C48H47FN6O6S/c1-30-25-36(59-24-23-55-21-19-54(3)20-22-55)26-31(2)41(30)42-43-46(51-29-52-47(43)62-44(42)32-13-15-34(49)16-14-32)61-40(48(56)57)27-33-9-5-7-11-38(33)60-28-35-17-18-50-45(53-35)37-10-6-8-12-39(37)58-4/h5-18,25-26,29,40H,19-24,27-28H2,1-4H3,(H,56,57). The summed E-state index contributed by atoms with van der Waals surface area (Å²) < 4.78 is 38.7. The number of carbonyl (C=O) groups is 1. The van der Waals surface area contributed by atoms with E-state index in [0.717, 1.165) is 76.7 Å². The number of fused-ring (bicyclic) bond motifs is 1. The third kappa shape index (κ3) is 9.52. The van der Waals surface area contributed by atoms with Crippen LogP contribution in [0.1, 0.15) is 22.4 Å². The van der Waals surface area contributed by atoms with Gasteiger partial charge in [0.2, 0.25) is 12.0 Å². The van der Waals surface area contributed by atoms with Crippen molar-refractivity contribution in [2.45, 2.75) is 33.0 Å². The Morgan fingerprint density at radius 3 is 2.34 bits per heavy atom. The fourth-order valence-corrected chi connectivity index (χ4v) is 8.86. The zero-order valence-electron chi connectivity index (χ0n) is 35.0. The quantitative estimate of drug-likeness (QED) is 0.1000. The summed E-state index contributed by atoms with van der Waals surface area (Å²) in [5.74, 6) is 0.985. The number of carboxylic acid groups (broad SMARTS) is 1. The number of benzene rings is 4. The summed E-state index contributed by atoms with van der Waals surface area (Å²) >= 11 is 1.41. The molecule has 1 unspecified atom stereocenters. The minimum Gasteiger partial charge on any atom is -0.496 e. The first kappa shape index (κ1) is 42.2. The second kappa shape index (κ2) is 19.1. The lowest BCUT2D eigenvalue weighted by atomic mass is 9.92. The third-order valence-corrected chi connectivity index (χ3v) is 12.1. The summed E-state index contributed by atoms with van der Waals surface area (Å²) in [6, 6.07) is 26.9. The molecule has 0 radical (unpaired) electrons. The average molecular weight is 855 g/mol. The molecule has 3 aromatic heterocycles. The van der Waals surface area contributed by atoms with Crippen LogP contribution in [0, 0.1) is 19.7 Å². The van der Waals surface area contributed by atoms with E-state index in [1.165, 1.54) is 29.8 Å². The molecule has 4 heterocycles. The molecule has 12 nitrogen and oxygen atoms in total. The molecule has 0 saturated carbocycles.